The molecule has 0 unspecified atom stereocenters. The zero-order valence-corrected chi connectivity index (χ0v) is 16.9. The van der Waals surface area contributed by atoms with E-state index in [-0.39, 0.29) is 24.8 Å². The number of carbonyl (C=O) groups excluding carboxylic acids is 1. The molecule has 0 saturated heterocycles. The lowest BCUT2D eigenvalue weighted by atomic mass is 10.1. The van der Waals surface area contributed by atoms with E-state index in [4.69, 9.17) is 9.47 Å². The first-order valence-corrected chi connectivity index (χ1v) is 9.99. The van der Waals surface area contributed by atoms with Crippen LogP contribution in [0.15, 0.2) is 65.6 Å². The molecule has 0 atom stereocenters. The van der Waals surface area contributed by atoms with Crippen LogP contribution in [0.2, 0.25) is 0 Å². The van der Waals surface area contributed by atoms with Crippen molar-refractivity contribution in [2.24, 2.45) is 0 Å². The highest BCUT2D eigenvalue weighted by atomic mass is 16.7. The molecule has 2 aromatic carbocycles. The number of fused-ring (bicyclic) bond motifs is 2. The fourth-order valence-corrected chi connectivity index (χ4v) is 3.67. The van der Waals surface area contributed by atoms with E-state index in [0.29, 0.717) is 33.9 Å². The van der Waals surface area contributed by atoms with E-state index in [1.165, 1.54) is 4.68 Å². The highest BCUT2D eigenvalue weighted by Crippen LogP contribution is 2.34. The summed E-state index contributed by atoms with van der Waals surface area (Å²) in [5, 5.41) is 3.31. The van der Waals surface area contributed by atoms with Crippen molar-refractivity contribution in [3.63, 3.8) is 0 Å². The number of rotatable bonds is 5. The molecule has 1 aliphatic heterocycles. The van der Waals surface area contributed by atoms with Gasteiger partial charge < -0.3 is 14.8 Å². The maximum absolute atomic E-state index is 13.1. The number of hydrogen-bond acceptors (Lipinski definition) is 5. The quantitative estimate of drug-likeness (QED) is 0.540. The van der Waals surface area contributed by atoms with E-state index in [0.717, 1.165) is 12.0 Å². The molecule has 156 valence electrons. The van der Waals surface area contributed by atoms with Crippen molar-refractivity contribution in [1.29, 1.82) is 0 Å². The lowest BCUT2D eigenvalue weighted by molar-refractivity contribution is -0.116. The highest BCUT2D eigenvalue weighted by molar-refractivity contribution is 5.91. The molecule has 0 spiro atoms. The molecule has 0 saturated carbocycles. The first-order chi connectivity index (χ1) is 15.1. The average Bonchev–Trinajstić information content (AvgIpc) is 3.36. The zero-order valence-electron chi connectivity index (χ0n) is 16.9. The van der Waals surface area contributed by atoms with Gasteiger partial charge in [0.15, 0.2) is 17.1 Å². The van der Waals surface area contributed by atoms with Gasteiger partial charge >= 0.3 is 0 Å². The van der Waals surface area contributed by atoms with Gasteiger partial charge in [0.1, 0.15) is 6.54 Å². The number of benzene rings is 2. The molecule has 3 heterocycles. The van der Waals surface area contributed by atoms with Gasteiger partial charge in [-0.05, 0) is 48.4 Å². The summed E-state index contributed by atoms with van der Waals surface area (Å²) in [7, 11) is 0. The lowest BCUT2D eigenvalue weighted by Gasteiger charge is -2.13. The number of ether oxygens (including phenoxy) is 2. The second-order valence-electron chi connectivity index (χ2n) is 7.19. The summed E-state index contributed by atoms with van der Waals surface area (Å²) in [6, 6.07) is 16.3. The SMILES string of the molecule is CCc1ccc(-n2c(=O)c3cccnc3n2CC(=O)Nc2ccc3c(c2)OCO3)cc1. The molecular formula is C23H20N4O4. The molecule has 5 rings (SSSR count). The molecular weight excluding hydrogens is 396 g/mol. The van der Waals surface area contributed by atoms with Crippen molar-refractivity contribution < 1.29 is 14.3 Å². The molecule has 0 bridgehead atoms. The van der Waals surface area contributed by atoms with Crippen LogP contribution in [-0.2, 0) is 17.8 Å². The molecule has 1 aliphatic rings. The van der Waals surface area contributed by atoms with Crippen LogP contribution >= 0.6 is 0 Å². The Hall–Kier alpha value is -4.07. The van der Waals surface area contributed by atoms with Gasteiger partial charge in [0.05, 0.1) is 11.1 Å². The lowest BCUT2D eigenvalue weighted by Crippen LogP contribution is -2.27. The largest absolute Gasteiger partial charge is 0.454 e. The second kappa shape index (κ2) is 7.64. The van der Waals surface area contributed by atoms with Crippen LogP contribution in [0.3, 0.4) is 0 Å². The van der Waals surface area contributed by atoms with Crippen molar-refractivity contribution in [3.05, 3.63) is 76.7 Å². The third-order valence-electron chi connectivity index (χ3n) is 5.23. The summed E-state index contributed by atoms with van der Waals surface area (Å²) in [6.07, 6.45) is 2.51. The van der Waals surface area contributed by atoms with Gasteiger partial charge in [0.2, 0.25) is 12.7 Å². The van der Waals surface area contributed by atoms with Crippen LogP contribution in [0.25, 0.3) is 16.7 Å². The van der Waals surface area contributed by atoms with E-state index in [9.17, 15) is 9.59 Å². The van der Waals surface area contributed by atoms with Crippen molar-refractivity contribution in [1.82, 2.24) is 14.3 Å². The number of nitrogens with one attached hydrogen (secondary N) is 1. The highest BCUT2D eigenvalue weighted by Gasteiger charge is 2.19. The van der Waals surface area contributed by atoms with Crippen LogP contribution < -0.4 is 20.3 Å². The number of pyridine rings is 1. The smallest absolute Gasteiger partial charge is 0.280 e. The van der Waals surface area contributed by atoms with Gasteiger partial charge in [-0.1, -0.05) is 19.1 Å². The van der Waals surface area contributed by atoms with E-state index < -0.39 is 0 Å². The van der Waals surface area contributed by atoms with Crippen molar-refractivity contribution in [2.45, 2.75) is 19.9 Å². The maximum Gasteiger partial charge on any atom is 0.280 e. The van der Waals surface area contributed by atoms with Crippen LogP contribution in [0, 0.1) is 0 Å². The van der Waals surface area contributed by atoms with E-state index in [1.54, 1.807) is 41.2 Å². The topological polar surface area (TPSA) is 87.4 Å². The minimum absolute atomic E-state index is 0.0836. The van der Waals surface area contributed by atoms with Gasteiger partial charge in [-0.2, -0.15) is 0 Å². The fraction of sp³-hybridized carbons (Fsp3) is 0.174. The van der Waals surface area contributed by atoms with Crippen LogP contribution in [0.4, 0.5) is 5.69 Å². The van der Waals surface area contributed by atoms with Crippen LogP contribution in [-0.4, -0.2) is 27.0 Å². The molecule has 0 fully saturated rings. The number of anilines is 1. The van der Waals surface area contributed by atoms with E-state index >= 15 is 0 Å². The predicted octanol–water partition coefficient (Wildman–Crippen LogP) is 3.12. The van der Waals surface area contributed by atoms with Crippen molar-refractivity contribution in [3.8, 4) is 17.2 Å². The summed E-state index contributed by atoms with van der Waals surface area (Å²) in [6.45, 7) is 2.15. The number of aromatic nitrogens is 3. The molecule has 0 radical (unpaired) electrons. The van der Waals surface area contributed by atoms with Gasteiger partial charge in [-0.25, -0.2) is 9.67 Å². The monoisotopic (exact) mass is 416 g/mol. The Morgan fingerprint density at radius 2 is 1.90 bits per heavy atom. The van der Waals surface area contributed by atoms with Gasteiger partial charge in [-0.15, -0.1) is 0 Å². The molecule has 31 heavy (non-hydrogen) atoms. The molecule has 0 aliphatic carbocycles. The Morgan fingerprint density at radius 3 is 2.71 bits per heavy atom. The van der Waals surface area contributed by atoms with Crippen LogP contribution in [0.5, 0.6) is 11.5 Å². The number of aryl methyl sites for hydroxylation is 1. The molecule has 4 aromatic rings. The van der Waals surface area contributed by atoms with Crippen molar-refractivity contribution in [2.75, 3.05) is 12.1 Å². The Morgan fingerprint density at radius 1 is 1.10 bits per heavy atom. The Balaban J connectivity index is 1.51. The zero-order chi connectivity index (χ0) is 21.4. The first kappa shape index (κ1) is 18.9. The maximum atomic E-state index is 13.1. The van der Waals surface area contributed by atoms with Gasteiger partial charge in [0, 0.05) is 18.0 Å². The first-order valence-electron chi connectivity index (χ1n) is 9.99. The molecule has 1 N–H and O–H groups in total. The standard InChI is InChI=1S/C23H20N4O4/c1-2-15-5-8-17(9-6-15)27-23(29)18-4-3-11-24-22(18)26(27)13-21(28)25-16-7-10-19-20(12-16)31-14-30-19/h3-12H,2,13-14H2,1H3,(H,25,28). The normalized spacial score (nSPS) is 12.3. The second-order valence-corrected chi connectivity index (χ2v) is 7.19. The minimum Gasteiger partial charge on any atom is -0.454 e. The summed E-state index contributed by atoms with van der Waals surface area (Å²) in [4.78, 5) is 30.3. The molecule has 1 amide bonds. The molecule has 2 aromatic heterocycles. The third-order valence-corrected chi connectivity index (χ3v) is 5.23. The van der Waals surface area contributed by atoms with Gasteiger partial charge in [-0.3, -0.25) is 14.3 Å². The van der Waals surface area contributed by atoms with Gasteiger partial charge in [0.25, 0.3) is 5.56 Å². The average molecular weight is 416 g/mol. The number of carbonyl (C=O) groups is 1. The fourth-order valence-electron chi connectivity index (χ4n) is 3.67. The minimum atomic E-state index is -0.291. The number of hydrogen-bond donors (Lipinski definition) is 1. The summed E-state index contributed by atoms with van der Waals surface area (Å²) < 4.78 is 13.8. The number of amides is 1. The Labute approximate surface area is 177 Å². The predicted molar refractivity (Wildman–Crippen MR) is 116 cm³/mol. The molecule has 8 nitrogen and oxygen atoms in total. The Bertz CT molecular complexity index is 1340. The van der Waals surface area contributed by atoms with E-state index in [1.807, 2.05) is 24.3 Å². The van der Waals surface area contributed by atoms with Crippen LogP contribution in [0.1, 0.15) is 12.5 Å². The summed E-state index contributed by atoms with van der Waals surface area (Å²) in [5.41, 5.74) is 2.66. The Kier molecular flexibility index (Phi) is 4.66. The summed E-state index contributed by atoms with van der Waals surface area (Å²) >= 11 is 0. The van der Waals surface area contributed by atoms with Crippen molar-refractivity contribution >= 4 is 22.6 Å². The number of nitrogens with zero attached hydrogens (tertiary/aromatic N) is 3. The molecule has 8 heteroatoms. The van der Waals surface area contributed by atoms with E-state index in [2.05, 4.69) is 17.2 Å². The third kappa shape index (κ3) is 3.42. The summed E-state index contributed by atoms with van der Waals surface area (Å²) in [5.74, 6) is 0.933.